The van der Waals surface area contributed by atoms with Crippen LogP contribution in [0, 0.1) is 5.82 Å². The SMILES string of the molecule is CNCC(=O)NCCCc1cccc(F)c1. The summed E-state index contributed by atoms with van der Waals surface area (Å²) < 4.78 is 12.8. The van der Waals surface area contributed by atoms with Crippen molar-refractivity contribution in [3.05, 3.63) is 35.6 Å². The highest BCUT2D eigenvalue weighted by Crippen LogP contribution is 2.05. The molecular weight excluding hydrogens is 207 g/mol. The van der Waals surface area contributed by atoms with Crippen LogP contribution in [0.15, 0.2) is 24.3 Å². The molecule has 0 saturated carbocycles. The normalized spacial score (nSPS) is 10.1. The van der Waals surface area contributed by atoms with E-state index in [0.29, 0.717) is 13.1 Å². The number of amides is 1. The van der Waals surface area contributed by atoms with E-state index in [-0.39, 0.29) is 11.7 Å². The van der Waals surface area contributed by atoms with Crippen molar-refractivity contribution >= 4 is 5.91 Å². The van der Waals surface area contributed by atoms with E-state index in [0.717, 1.165) is 18.4 Å². The molecule has 1 aromatic rings. The summed E-state index contributed by atoms with van der Waals surface area (Å²) in [5, 5.41) is 5.55. The lowest BCUT2D eigenvalue weighted by Gasteiger charge is -2.04. The summed E-state index contributed by atoms with van der Waals surface area (Å²) in [4.78, 5) is 11.1. The van der Waals surface area contributed by atoms with E-state index < -0.39 is 0 Å². The summed E-state index contributed by atoms with van der Waals surface area (Å²) in [6, 6.07) is 6.54. The van der Waals surface area contributed by atoms with E-state index in [2.05, 4.69) is 10.6 Å². The van der Waals surface area contributed by atoms with E-state index in [4.69, 9.17) is 0 Å². The molecule has 0 aromatic heterocycles. The van der Waals surface area contributed by atoms with Gasteiger partial charge in [0.25, 0.3) is 0 Å². The van der Waals surface area contributed by atoms with Crippen molar-refractivity contribution < 1.29 is 9.18 Å². The van der Waals surface area contributed by atoms with Crippen LogP contribution in [0.25, 0.3) is 0 Å². The second-order valence-electron chi connectivity index (χ2n) is 3.61. The highest BCUT2D eigenvalue weighted by molar-refractivity contribution is 5.77. The second-order valence-corrected chi connectivity index (χ2v) is 3.61. The number of nitrogens with one attached hydrogen (secondary N) is 2. The fourth-order valence-corrected chi connectivity index (χ4v) is 1.44. The molecule has 0 aliphatic heterocycles. The lowest BCUT2D eigenvalue weighted by Crippen LogP contribution is -2.32. The molecule has 0 atom stereocenters. The topological polar surface area (TPSA) is 41.1 Å². The average molecular weight is 224 g/mol. The first kappa shape index (κ1) is 12.6. The third-order valence-corrected chi connectivity index (χ3v) is 2.19. The lowest BCUT2D eigenvalue weighted by molar-refractivity contribution is -0.120. The zero-order valence-corrected chi connectivity index (χ0v) is 9.42. The zero-order valence-electron chi connectivity index (χ0n) is 9.42. The Labute approximate surface area is 95.0 Å². The summed E-state index contributed by atoms with van der Waals surface area (Å²) in [7, 11) is 1.73. The molecule has 0 bridgehead atoms. The van der Waals surface area contributed by atoms with E-state index in [1.165, 1.54) is 12.1 Å². The summed E-state index contributed by atoms with van der Waals surface area (Å²) in [6.07, 6.45) is 1.59. The smallest absolute Gasteiger partial charge is 0.233 e. The predicted molar refractivity (Wildman–Crippen MR) is 61.7 cm³/mol. The van der Waals surface area contributed by atoms with Crippen molar-refractivity contribution in [3.63, 3.8) is 0 Å². The molecule has 0 spiro atoms. The Kier molecular flexibility index (Phi) is 5.50. The van der Waals surface area contributed by atoms with Crippen molar-refractivity contribution in [3.8, 4) is 0 Å². The highest BCUT2D eigenvalue weighted by atomic mass is 19.1. The molecule has 1 amide bonds. The molecule has 0 aliphatic carbocycles. The van der Waals surface area contributed by atoms with Gasteiger partial charge in [0.1, 0.15) is 5.82 Å². The fourth-order valence-electron chi connectivity index (χ4n) is 1.44. The van der Waals surface area contributed by atoms with Crippen molar-refractivity contribution in [2.75, 3.05) is 20.1 Å². The van der Waals surface area contributed by atoms with E-state index in [9.17, 15) is 9.18 Å². The summed E-state index contributed by atoms with van der Waals surface area (Å²) in [5.74, 6) is -0.224. The van der Waals surface area contributed by atoms with Crippen LogP contribution in [0.3, 0.4) is 0 Å². The van der Waals surface area contributed by atoms with Gasteiger partial charge in [-0.25, -0.2) is 4.39 Å². The van der Waals surface area contributed by atoms with E-state index >= 15 is 0 Å². The first-order valence-corrected chi connectivity index (χ1v) is 5.38. The van der Waals surface area contributed by atoms with Crippen LogP contribution >= 0.6 is 0 Å². The second kappa shape index (κ2) is 6.95. The van der Waals surface area contributed by atoms with Crippen LogP contribution in [0.4, 0.5) is 4.39 Å². The van der Waals surface area contributed by atoms with Gasteiger partial charge in [-0.1, -0.05) is 12.1 Å². The van der Waals surface area contributed by atoms with Gasteiger partial charge < -0.3 is 10.6 Å². The molecule has 1 aromatic carbocycles. The molecule has 0 fully saturated rings. The van der Waals surface area contributed by atoms with Gasteiger partial charge in [0.2, 0.25) is 5.91 Å². The number of carbonyl (C=O) groups excluding carboxylic acids is 1. The molecule has 0 saturated heterocycles. The van der Waals surface area contributed by atoms with Crippen LogP contribution in [0.5, 0.6) is 0 Å². The summed E-state index contributed by atoms with van der Waals surface area (Å²) >= 11 is 0. The maximum Gasteiger partial charge on any atom is 0.233 e. The Hall–Kier alpha value is -1.42. The summed E-state index contributed by atoms with van der Waals surface area (Å²) in [6.45, 7) is 0.955. The first-order valence-electron chi connectivity index (χ1n) is 5.38. The number of hydrogen-bond donors (Lipinski definition) is 2. The van der Waals surface area contributed by atoms with Gasteiger partial charge in [-0.2, -0.15) is 0 Å². The van der Waals surface area contributed by atoms with Gasteiger partial charge in [0.15, 0.2) is 0 Å². The van der Waals surface area contributed by atoms with Gasteiger partial charge in [0, 0.05) is 6.54 Å². The number of benzene rings is 1. The highest BCUT2D eigenvalue weighted by Gasteiger charge is 1.98. The van der Waals surface area contributed by atoms with Crippen LogP contribution in [0.2, 0.25) is 0 Å². The molecule has 4 heteroatoms. The minimum Gasteiger partial charge on any atom is -0.355 e. The van der Waals surface area contributed by atoms with Crippen LogP contribution in [-0.2, 0) is 11.2 Å². The zero-order chi connectivity index (χ0) is 11.8. The number of likely N-dealkylation sites (N-methyl/N-ethyl adjacent to an activating group) is 1. The standard InChI is InChI=1S/C12H17FN2O/c1-14-9-12(16)15-7-3-5-10-4-2-6-11(13)8-10/h2,4,6,8,14H,3,5,7,9H2,1H3,(H,15,16). The van der Waals surface area contributed by atoms with Crippen LogP contribution < -0.4 is 10.6 Å². The number of aryl methyl sites for hydroxylation is 1. The van der Waals surface area contributed by atoms with Gasteiger partial charge in [-0.05, 0) is 37.6 Å². The van der Waals surface area contributed by atoms with E-state index in [1.54, 1.807) is 13.1 Å². The Bertz CT molecular complexity index is 342. The molecule has 3 nitrogen and oxygen atoms in total. The molecular formula is C12H17FN2O. The van der Waals surface area contributed by atoms with E-state index in [1.807, 2.05) is 6.07 Å². The van der Waals surface area contributed by atoms with Gasteiger partial charge >= 0.3 is 0 Å². The summed E-state index contributed by atoms with van der Waals surface area (Å²) in [5.41, 5.74) is 0.961. The molecule has 16 heavy (non-hydrogen) atoms. The third kappa shape index (κ3) is 4.89. The Balaban J connectivity index is 2.18. The largest absolute Gasteiger partial charge is 0.355 e. The third-order valence-electron chi connectivity index (χ3n) is 2.19. The van der Waals surface area contributed by atoms with Crippen LogP contribution in [0.1, 0.15) is 12.0 Å². The number of rotatable bonds is 6. The maximum atomic E-state index is 12.8. The molecule has 0 radical (unpaired) electrons. The van der Waals surface area contributed by atoms with Crippen molar-refractivity contribution in [2.24, 2.45) is 0 Å². The number of carbonyl (C=O) groups is 1. The molecule has 0 aliphatic rings. The first-order chi connectivity index (χ1) is 7.72. The monoisotopic (exact) mass is 224 g/mol. The minimum absolute atomic E-state index is 0.0123. The molecule has 2 N–H and O–H groups in total. The molecule has 0 heterocycles. The van der Waals surface area contributed by atoms with Gasteiger partial charge in [0.05, 0.1) is 6.54 Å². The molecule has 0 unspecified atom stereocenters. The van der Waals surface area contributed by atoms with Crippen molar-refractivity contribution in [2.45, 2.75) is 12.8 Å². The Morgan fingerprint density at radius 2 is 2.25 bits per heavy atom. The predicted octanol–water partition coefficient (Wildman–Crippen LogP) is 1.09. The molecule has 88 valence electrons. The molecule has 1 rings (SSSR count). The quantitative estimate of drug-likeness (QED) is 0.710. The number of halogens is 1. The van der Waals surface area contributed by atoms with Gasteiger partial charge in [-0.15, -0.1) is 0 Å². The Morgan fingerprint density at radius 1 is 1.44 bits per heavy atom. The van der Waals surface area contributed by atoms with Gasteiger partial charge in [-0.3, -0.25) is 4.79 Å². The fraction of sp³-hybridized carbons (Fsp3) is 0.417. The van der Waals surface area contributed by atoms with Crippen molar-refractivity contribution in [1.82, 2.24) is 10.6 Å². The average Bonchev–Trinajstić information content (AvgIpc) is 2.25. The number of hydrogen-bond acceptors (Lipinski definition) is 2. The van der Waals surface area contributed by atoms with Crippen LogP contribution in [-0.4, -0.2) is 26.0 Å². The maximum absolute atomic E-state index is 12.8. The Morgan fingerprint density at radius 3 is 2.94 bits per heavy atom. The lowest BCUT2D eigenvalue weighted by atomic mass is 10.1. The minimum atomic E-state index is -0.211. The van der Waals surface area contributed by atoms with Crippen molar-refractivity contribution in [1.29, 1.82) is 0 Å².